The summed E-state index contributed by atoms with van der Waals surface area (Å²) in [7, 11) is 0. The molecule has 1 saturated carbocycles. The van der Waals surface area contributed by atoms with Crippen LogP contribution in [0.25, 0.3) is 0 Å². The number of hydrogen-bond acceptors (Lipinski definition) is 2. The first-order valence-electron chi connectivity index (χ1n) is 9.49. The summed E-state index contributed by atoms with van der Waals surface area (Å²) >= 11 is 5.94. The van der Waals surface area contributed by atoms with Crippen LogP contribution in [0.3, 0.4) is 0 Å². The van der Waals surface area contributed by atoms with Gasteiger partial charge in [-0.3, -0.25) is 9.69 Å². The van der Waals surface area contributed by atoms with Crippen molar-refractivity contribution in [2.24, 2.45) is 5.92 Å². The molecular formula is C22H25ClN2O. The van der Waals surface area contributed by atoms with Gasteiger partial charge in [0.15, 0.2) is 0 Å². The highest BCUT2D eigenvalue weighted by atomic mass is 35.5. The Morgan fingerprint density at radius 1 is 1.19 bits per heavy atom. The maximum absolute atomic E-state index is 12.6. The summed E-state index contributed by atoms with van der Waals surface area (Å²) in [6.45, 7) is 5.31. The van der Waals surface area contributed by atoms with Gasteiger partial charge < -0.3 is 5.32 Å². The van der Waals surface area contributed by atoms with Gasteiger partial charge in [-0.05, 0) is 73.1 Å². The lowest BCUT2D eigenvalue weighted by Gasteiger charge is -2.29. The fourth-order valence-electron chi connectivity index (χ4n) is 3.67. The second-order valence-electron chi connectivity index (χ2n) is 7.67. The average Bonchev–Trinajstić information content (AvgIpc) is 3.45. The van der Waals surface area contributed by atoms with Gasteiger partial charge in [0, 0.05) is 30.3 Å². The summed E-state index contributed by atoms with van der Waals surface area (Å²) in [5, 5.41) is 3.77. The Labute approximate surface area is 160 Å². The van der Waals surface area contributed by atoms with Crippen LogP contribution in [0.4, 0.5) is 5.69 Å². The van der Waals surface area contributed by atoms with Crippen molar-refractivity contribution >= 4 is 23.2 Å². The molecule has 2 aromatic carbocycles. The number of nitrogens with zero attached hydrogens (tertiary/aromatic N) is 1. The number of fused-ring (bicyclic) bond motifs is 1. The lowest BCUT2D eigenvalue weighted by atomic mass is 9.98. The monoisotopic (exact) mass is 368 g/mol. The average molecular weight is 369 g/mol. The topological polar surface area (TPSA) is 32.3 Å². The van der Waals surface area contributed by atoms with E-state index < -0.39 is 0 Å². The fraction of sp³-hybridized carbons (Fsp3) is 0.409. The second kappa shape index (κ2) is 7.42. The lowest BCUT2D eigenvalue weighted by Crippen LogP contribution is -2.32. The van der Waals surface area contributed by atoms with Crippen LogP contribution in [0.5, 0.6) is 0 Å². The molecule has 0 saturated heterocycles. The molecule has 26 heavy (non-hydrogen) atoms. The highest BCUT2D eigenvalue weighted by Crippen LogP contribution is 2.32. The van der Waals surface area contributed by atoms with Gasteiger partial charge in [0.25, 0.3) is 0 Å². The first kappa shape index (κ1) is 17.6. The number of benzene rings is 2. The minimum atomic E-state index is -0.213. The zero-order valence-electron chi connectivity index (χ0n) is 15.2. The van der Waals surface area contributed by atoms with Crippen LogP contribution in [0.15, 0.2) is 42.5 Å². The fourth-order valence-corrected chi connectivity index (χ4v) is 3.79. The van der Waals surface area contributed by atoms with Crippen LogP contribution < -0.4 is 5.32 Å². The van der Waals surface area contributed by atoms with E-state index in [9.17, 15) is 4.79 Å². The molecule has 1 unspecified atom stereocenters. The molecule has 0 aromatic heterocycles. The van der Waals surface area contributed by atoms with Crippen LogP contribution in [-0.4, -0.2) is 23.9 Å². The Morgan fingerprint density at radius 3 is 2.69 bits per heavy atom. The molecule has 136 valence electrons. The molecule has 2 aromatic rings. The van der Waals surface area contributed by atoms with E-state index in [0.29, 0.717) is 5.02 Å². The van der Waals surface area contributed by atoms with E-state index in [1.54, 1.807) is 0 Å². The minimum Gasteiger partial charge on any atom is -0.326 e. The van der Waals surface area contributed by atoms with Crippen molar-refractivity contribution < 1.29 is 4.79 Å². The molecular weight excluding hydrogens is 344 g/mol. The minimum absolute atomic E-state index is 0.0120. The van der Waals surface area contributed by atoms with Crippen molar-refractivity contribution in [2.45, 2.75) is 38.6 Å². The maximum Gasteiger partial charge on any atom is 0.231 e. The van der Waals surface area contributed by atoms with Crippen LogP contribution in [-0.2, 0) is 17.8 Å². The van der Waals surface area contributed by atoms with Crippen molar-refractivity contribution in [3.8, 4) is 0 Å². The molecule has 4 rings (SSSR count). The highest BCUT2D eigenvalue weighted by molar-refractivity contribution is 6.30. The molecule has 0 spiro atoms. The van der Waals surface area contributed by atoms with Gasteiger partial charge >= 0.3 is 0 Å². The zero-order valence-corrected chi connectivity index (χ0v) is 15.9. The third kappa shape index (κ3) is 4.11. The maximum atomic E-state index is 12.6. The second-order valence-corrected chi connectivity index (χ2v) is 8.11. The third-order valence-corrected chi connectivity index (χ3v) is 5.79. The van der Waals surface area contributed by atoms with Crippen LogP contribution in [0.2, 0.25) is 5.02 Å². The van der Waals surface area contributed by atoms with Gasteiger partial charge in [0.1, 0.15) is 0 Å². The first-order chi connectivity index (χ1) is 12.6. The molecule has 1 N–H and O–H groups in total. The largest absolute Gasteiger partial charge is 0.326 e. The highest BCUT2D eigenvalue weighted by Gasteiger charge is 2.26. The number of rotatable bonds is 5. The van der Waals surface area contributed by atoms with Gasteiger partial charge in [-0.25, -0.2) is 0 Å². The van der Waals surface area contributed by atoms with Gasteiger partial charge in [-0.1, -0.05) is 29.8 Å². The predicted molar refractivity (Wildman–Crippen MR) is 107 cm³/mol. The summed E-state index contributed by atoms with van der Waals surface area (Å²) in [5.41, 5.74) is 4.64. The van der Waals surface area contributed by atoms with Crippen molar-refractivity contribution in [3.05, 3.63) is 64.2 Å². The quantitative estimate of drug-likeness (QED) is 0.818. The van der Waals surface area contributed by atoms with E-state index in [1.165, 1.54) is 30.5 Å². The summed E-state index contributed by atoms with van der Waals surface area (Å²) in [4.78, 5) is 15.2. The number of carbonyl (C=O) groups is 1. The predicted octanol–water partition coefficient (Wildman–Crippen LogP) is 4.85. The molecule has 2 aliphatic rings. The van der Waals surface area contributed by atoms with Crippen LogP contribution in [0, 0.1) is 5.92 Å². The van der Waals surface area contributed by atoms with E-state index in [0.717, 1.165) is 36.7 Å². The summed E-state index contributed by atoms with van der Waals surface area (Å²) in [6.07, 6.45) is 3.89. The summed E-state index contributed by atoms with van der Waals surface area (Å²) in [6, 6.07) is 13.8. The number of carbonyl (C=O) groups excluding carboxylic acids is 1. The standard InChI is InChI=1S/C22H25ClN2O/c1-15(17-4-7-20(23)8-5-17)22(26)24-21-9-6-18-10-11-25(13-16-2-3-16)14-19(18)12-21/h4-9,12,15-16H,2-3,10-11,13-14H2,1H3,(H,24,26). The molecule has 3 nitrogen and oxygen atoms in total. The number of nitrogens with one attached hydrogen (secondary N) is 1. The molecule has 1 aliphatic heterocycles. The van der Waals surface area contributed by atoms with E-state index in [4.69, 9.17) is 11.6 Å². The first-order valence-corrected chi connectivity index (χ1v) is 9.87. The van der Waals surface area contributed by atoms with Crippen LogP contribution in [0.1, 0.15) is 42.4 Å². The van der Waals surface area contributed by atoms with Gasteiger partial charge in [-0.2, -0.15) is 0 Å². The Hall–Kier alpha value is -1.84. The number of anilines is 1. The van der Waals surface area contributed by atoms with E-state index in [2.05, 4.69) is 22.3 Å². The molecule has 1 aliphatic carbocycles. The van der Waals surface area contributed by atoms with Gasteiger partial charge in [0.05, 0.1) is 5.92 Å². The Bertz CT molecular complexity index is 798. The molecule has 1 fully saturated rings. The van der Waals surface area contributed by atoms with Crippen molar-refractivity contribution in [2.75, 3.05) is 18.4 Å². The summed E-state index contributed by atoms with van der Waals surface area (Å²) < 4.78 is 0. The molecule has 1 atom stereocenters. The third-order valence-electron chi connectivity index (χ3n) is 5.54. The van der Waals surface area contributed by atoms with E-state index in [1.807, 2.05) is 37.3 Å². The molecule has 1 amide bonds. The Morgan fingerprint density at radius 2 is 1.96 bits per heavy atom. The molecule has 4 heteroatoms. The molecule has 0 radical (unpaired) electrons. The zero-order chi connectivity index (χ0) is 18.1. The summed E-state index contributed by atoms with van der Waals surface area (Å²) in [5.74, 6) is 0.715. The van der Waals surface area contributed by atoms with Crippen LogP contribution >= 0.6 is 11.6 Å². The number of hydrogen-bond donors (Lipinski definition) is 1. The van der Waals surface area contributed by atoms with E-state index >= 15 is 0 Å². The number of halogens is 1. The number of amides is 1. The lowest BCUT2D eigenvalue weighted by molar-refractivity contribution is -0.117. The normalized spacial score (nSPS) is 18.2. The smallest absolute Gasteiger partial charge is 0.231 e. The Balaban J connectivity index is 1.43. The SMILES string of the molecule is CC(C(=O)Nc1ccc2c(c1)CN(CC1CC1)CC2)c1ccc(Cl)cc1. The van der Waals surface area contributed by atoms with E-state index in [-0.39, 0.29) is 11.8 Å². The van der Waals surface area contributed by atoms with Gasteiger partial charge in [-0.15, -0.1) is 0 Å². The molecule has 0 bridgehead atoms. The van der Waals surface area contributed by atoms with Crippen molar-refractivity contribution in [1.82, 2.24) is 4.90 Å². The van der Waals surface area contributed by atoms with Gasteiger partial charge in [0.2, 0.25) is 5.91 Å². The van der Waals surface area contributed by atoms with Crippen molar-refractivity contribution in [1.29, 1.82) is 0 Å². The Kier molecular flexibility index (Phi) is 5.01. The van der Waals surface area contributed by atoms with Crippen molar-refractivity contribution in [3.63, 3.8) is 0 Å². The molecule has 1 heterocycles.